The molecule has 1 aromatic heterocycles. The maximum Gasteiger partial charge on any atom is 0.0767 e. The molecule has 1 aliphatic carbocycles. The summed E-state index contributed by atoms with van der Waals surface area (Å²) in [5.74, 6) is 0. The molecule has 2 heterocycles. The molecule has 2 unspecified atom stereocenters. The van der Waals surface area contributed by atoms with Gasteiger partial charge in [-0.25, -0.2) is 0 Å². The first-order valence-electron chi connectivity index (χ1n) is 11.7. The largest absolute Gasteiger partial charge is 0.397 e. The third kappa shape index (κ3) is 2.53. The number of nitrogens with two attached hydrogens (primary N) is 1. The molecular weight excluding hydrogens is 432 g/mol. The lowest BCUT2D eigenvalue weighted by molar-refractivity contribution is 0.641. The van der Waals surface area contributed by atoms with E-state index in [2.05, 4.69) is 115 Å². The number of fused-ring (bicyclic) bond motifs is 6. The summed E-state index contributed by atoms with van der Waals surface area (Å²) in [5.41, 5.74) is 14.8. The Balaban J connectivity index is 1.56. The Kier molecular flexibility index (Phi) is 4.15. The molecule has 164 valence electrons. The highest BCUT2D eigenvalue weighted by molar-refractivity contribution is 8.00. The number of anilines is 1. The molecule has 2 atom stereocenters. The summed E-state index contributed by atoms with van der Waals surface area (Å²) in [6.07, 6.45) is 6.87. The minimum atomic E-state index is -0.128. The zero-order valence-electron chi connectivity index (χ0n) is 18.9. The van der Waals surface area contributed by atoms with Crippen molar-refractivity contribution in [1.82, 2.24) is 4.57 Å². The van der Waals surface area contributed by atoms with Crippen LogP contribution >= 0.6 is 11.8 Å². The van der Waals surface area contributed by atoms with Gasteiger partial charge in [0, 0.05) is 31.9 Å². The van der Waals surface area contributed by atoms with Crippen molar-refractivity contribution in [2.45, 2.75) is 22.5 Å². The van der Waals surface area contributed by atoms with Gasteiger partial charge in [0.05, 0.1) is 22.4 Å². The first kappa shape index (κ1) is 19.7. The van der Waals surface area contributed by atoms with Crippen LogP contribution in [0.2, 0.25) is 0 Å². The molecule has 2 nitrogen and oxygen atoms in total. The van der Waals surface area contributed by atoms with E-state index in [9.17, 15) is 0 Å². The standard InChI is InChI=1S/C31H24N2S/c1-31-23(14-9-19-29(31)34-28-18-7-4-13-24(28)31)22-12-8-15-25(32)30(22)33-26-16-5-2-10-20(26)21-11-3-6-17-27(21)33/h2-19,29H,32H2,1H3. The third-order valence-electron chi connectivity index (χ3n) is 7.54. The molecule has 2 N–H and O–H groups in total. The Morgan fingerprint density at radius 1 is 0.794 bits per heavy atom. The van der Waals surface area contributed by atoms with Crippen molar-refractivity contribution in [2.75, 3.05) is 5.73 Å². The summed E-state index contributed by atoms with van der Waals surface area (Å²) < 4.78 is 2.36. The molecule has 0 bridgehead atoms. The zero-order chi connectivity index (χ0) is 22.9. The van der Waals surface area contributed by atoms with Gasteiger partial charge in [-0.3, -0.25) is 0 Å². The average Bonchev–Trinajstić information content (AvgIpc) is 3.36. The van der Waals surface area contributed by atoms with E-state index < -0.39 is 0 Å². The van der Waals surface area contributed by atoms with Crippen molar-refractivity contribution < 1.29 is 0 Å². The maximum absolute atomic E-state index is 6.80. The maximum atomic E-state index is 6.80. The first-order valence-corrected chi connectivity index (χ1v) is 12.6. The Morgan fingerprint density at radius 3 is 2.24 bits per heavy atom. The molecule has 0 spiro atoms. The normalized spacial score (nSPS) is 21.0. The molecule has 0 amide bonds. The number of para-hydroxylation sites is 3. The van der Waals surface area contributed by atoms with Crippen LogP contribution in [0.1, 0.15) is 18.1 Å². The van der Waals surface area contributed by atoms with Gasteiger partial charge in [-0.1, -0.05) is 85.0 Å². The number of nitrogens with zero attached hydrogens (tertiary/aromatic N) is 1. The SMILES string of the molecule is CC12C(c3cccc(N)c3-n3c4ccccc4c4ccccc43)=CC=CC1Sc1ccccc12. The van der Waals surface area contributed by atoms with Gasteiger partial charge in [0.15, 0.2) is 0 Å². The number of thioether (sulfide) groups is 1. The van der Waals surface area contributed by atoms with Gasteiger partial charge >= 0.3 is 0 Å². The van der Waals surface area contributed by atoms with E-state index in [1.54, 1.807) is 0 Å². The Labute approximate surface area is 203 Å². The Hall–Kier alpha value is -3.69. The highest BCUT2D eigenvalue weighted by Gasteiger charge is 2.47. The number of hydrogen-bond acceptors (Lipinski definition) is 2. The summed E-state index contributed by atoms with van der Waals surface area (Å²) in [7, 11) is 0. The lowest BCUT2D eigenvalue weighted by atomic mass is 9.68. The predicted molar refractivity (Wildman–Crippen MR) is 146 cm³/mol. The van der Waals surface area contributed by atoms with Crippen molar-refractivity contribution in [3.8, 4) is 5.69 Å². The Bertz CT molecular complexity index is 1620. The van der Waals surface area contributed by atoms with Crippen molar-refractivity contribution in [3.05, 3.63) is 120 Å². The van der Waals surface area contributed by atoms with Crippen LogP contribution in [-0.2, 0) is 5.41 Å². The molecule has 0 fully saturated rings. The third-order valence-corrected chi connectivity index (χ3v) is 9.03. The lowest BCUT2D eigenvalue weighted by Gasteiger charge is -2.36. The number of rotatable bonds is 2. The van der Waals surface area contributed by atoms with E-state index in [0.717, 1.165) is 11.4 Å². The fraction of sp³-hybridized carbons (Fsp3) is 0.0968. The summed E-state index contributed by atoms with van der Waals surface area (Å²) in [5, 5.41) is 2.85. The number of benzene rings is 4. The van der Waals surface area contributed by atoms with E-state index in [1.807, 2.05) is 17.8 Å². The van der Waals surface area contributed by atoms with Crippen LogP contribution in [0.5, 0.6) is 0 Å². The van der Waals surface area contributed by atoms with Crippen LogP contribution in [0.15, 0.2) is 114 Å². The topological polar surface area (TPSA) is 30.9 Å². The van der Waals surface area contributed by atoms with Crippen LogP contribution < -0.4 is 5.73 Å². The van der Waals surface area contributed by atoms with Crippen molar-refractivity contribution in [2.24, 2.45) is 0 Å². The van der Waals surface area contributed by atoms with Gasteiger partial charge in [-0.05, 0) is 42.3 Å². The molecule has 0 saturated carbocycles. The van der Waals surface area contributed by atoms with Gasteiger partial charge in [-0.2, -0.15) is 0 Å². The van der Waals surface area contributed by atoms with Crippen molar-refractivity contribution in [3.63, 3.8) is 0 Å². The van der Waals surface area contributed by atoms with E-state index in [-0.39, 0.29) is 5.41 Å². The molecule has 7 rings (SSSR count). The predicted octanol–water partition coefficient (Wildman–Crippen LogP) is 7.75. The molecule has 3 heteroatoms. The van der Waals surface area contributed by atoms with Crippen LogP contribution in [0.4, 0.5) is 5.69 Å². The molecule has 5 aromatic rings. The van der Waals surface area contributed by atoms with Crippen LogP contribution in [-0.4, -0.2) is 9.82 Å². The first-order chi connectivity index (χ1) is 16.7. The highest BCUT2D eigenvalue weighted by atomic mass is 32.2. The summed E-state index contributed by atoms with van der Waals surface area (Å²) >= 11 is 1.96. The highest BCUT2D eigenvalue weighted by Crippen LogP contribution is 2.58. The monoisotopic (exact) mass is 456 g/mol. The van der Waals surface area contributed by atoms with E-state index in [4.69, 9.17) is 5.73 Å². The van der Waals surface area contributed by atoms with E-state index in [1.165, 1.54) is 43.4 Å². The summed E-state index contributed by atoms with van der Waals surface area (Å²) in [4.78, 5) is 1.37. The minimum absolute atomic E-state index is 0.128. The Morgan fingerprint density at radius 2 is 1.47 bits per heavy atom. The molecule has 2 aliphatic rings. The minimum Gasteiger partial charge on any atom is -0.397 e. The van der Waals surface area contributed by atoms with Crippen LogP contribution in [0.3, 0.4) is 0 Å². The van der Waals surface area contributed by atoms with Gasteiger partial charge in [0.1, 0.15) is 0 Å². The number of aromatic nitrogens is 1. The molecular formula is C31H24N2S. The molecule has 0 saturated heterocycles. The quantitative estimate of drug-likeness (QED) is 0.275. The van der Waals surface area contributed by atoms with Crippen molar-refractivity contribution >= 4 is 44.8 Å². The fourth-order valence-electron chi connectivity index (χ4n) is 5.92. The van der Waals surface area contributed by atoms with Gasteiger partial charge < -0.3 is 10.3 Å². The van der Waals surface area contributed by atoms with Crippen LogP contribution in [0, 0.1) is 0 Å². The number of nitrogen functional groups attached to an aromatic ring is 1. The second-order valence-corrected chi connectivity index (χ2v) is 10.5. The summed E-state index contributed by atoms with van der Waals surface area (Å²) in [6, 6.07) is 32.5. The van der Waals surface area contributed by atoms with E-state index >= 15 is 0 Å². The molecule has 0 radical (unpaired) electrons. The lowest BCUT2D eigenvalue weighted by Crippen LogP contribution is -2.33. The van der Waals surface area contributed by atoms with Crippen LogP contribution in [0.25, 0.3) is 33.1 Å². The smallest absolute Gasteiger partial charge is 0.0767 e. The van der Waals surface area contributed by atoms with Crippen molar-refractivity contribution in [1.29, 1.82) is 0 Å². The second-order valence-electron chi connectivity index (χ2n) is 9.32. The average molecular weight is 457 g/mol. The van der Waals surface area contributed by atoms with Gasteiger partial charge in [0.2, 0.25) is 0 Å². The van der Waals surface area contributed by atoms with Gasteiger partial charge in [-0.15, -0.1) is 11.8 Å². The second kappa shape index (κ2) is 7.15. The zero-order valence-corrected chi connectivity index (χ0v) is 19.7. The molecule has 34 heavy (non-hydrogen) atoms. The molecule has 1 aliphatic heterocycles. The van der Waals surface area contributed by atoms with Gasteiger partial charge in [0.25, 0.3) is 0 Å². The fourth-order valence-corrected chi connectivity index (χ4v) is 7.42. The number of allylic oxidation sites excluding steroid dienone is 3. The number of hydrogen-bond donors (Lipinski definition) is 1. The summed E-state index contributed by atoms with van der Waals surface area (Å²) in [6.45, 7) is 2.39. The van der Waals surface area contributed by atoms with E-state index in [0.29, 0.717) is 5.25 Å². The molecule has 4 aromatic carbocycles.